The van der Waals surface area contributed by atoms with Gasteiger partial charge in [-0.3, -0.25) is 9.89 Å². The molecule has 5 nitrogen and oxygen atoms in total. The lowest BCUT2D eigenvalue weighted by molar-refractivity contribution is 0.102. The first-order valence-electron chi connectivity index (χ1n) is 6.09. The molecule has 0 saturated heterocycles. The molecule has 3 aromatic rings. The minimum absolute atomic E-state index is 0.0514. The normalized spacial score (nSPS) is 10.6. The van der Waals surface area contributed by atoms with Crippen molar-refractivity contribution < 1.29 is 9.18 Å². The van der Waals surface area contributed by atoms with E-state index in [2.05, 4.69) is 20.5 Å². The van der Waals surface area contributed by atoms with Crippen molar-refractivity contribution in [2.24, 2.45) is 0 Å². The van der Waals surface area contributed by atoms with E-state index in [1.807, 2.05) is 12.1 Å². The van der Waals surface area contributed by atoms with Gasteiger partial charge in [0, 0.05) is 11.9 Å². The molecule has 0 bridgehead atoms. The number of hydrogen-bond donors (Lipinski definition) is 3. The number of halogens is 2. The molecule has 3 rings (SSSR count). The van der Waals surface area contributed by atoms with E-state index in [0.717, 1.165) is 5.69 Å². The molecule has 0 fully saturated rings. The van der Waals surface area contributed by atoms with E-state index in [0.29, 0.717) is 17.1 Å². The molecule has 2 aromatic heterocycles. The maximum atomic E-state index is 13.1. The number of rotatable bonds is 3. The van der Waals surface area contributed by atoms with E-state index in [9.17, 15) is 9.18 Å². The lowest BCUT2D eigenvalue weighted by Crippen LogP contribution is -2.12. The average Bonchev–Trinajstić information content (AvgIpc) is 3.12. The summed E-state index contributed by atoms with van der Waals surface area (Å²) in [5, 5.41) is 9.26. The van der Waals surface area contributed by atoms with Gasteiger partial charge in [0.05, 0.1) is 10.7 Å². The average molecular weight is 305 g/mol. The van der Waals surface area contributed by atoms with E-state index in [-0.39, 0.29) is 10.9 Å². The lowest BCUT2D eigenvalue weighted by atomic mass is 10.2. The maximum absolute atomic E-state index is 13.1. The van der Waals surface area contributed by atoms with Crippen LogP contribution in [0.5, 0.6) is 0 Å². The number of hydrogen-bond acceptors (Lipinski definition) is 2. The maximum Gasteiger partial charge on any atom is 0.273 e. The van der Waals surface area contributed by atoms with Gasteiger partial charge in [-0.15, -0.1) is 0 Å². The molecule has 1 amide bonds. The summed E-state index contributed by atoms with van der Waals surface area (Å²) in [7, 11) is 0. The molecule has 0 atom stereocenters. The predicted molar refractivity (Wildman–Crippen MR) is 77.7 cm³/mol. The van der Waals surface area contributed by atoms with Crippen molar-refractivity contribution >= 4 is 23.2 Å². The Bertz CT molecular complexity index is 782. The zero-order valence-corrected chi connectivity index (χ0v) is 11.4. The summed E-state index contributed by atoms with van der Waals surface area (Å²) in [6, 6.07) is 9.27. The summed E-state index contributed by atoms with van der Waals surface area (Å²) >= 11 is 5.66. The Labute approximate surface area is 124 Å². The summed E-state index contributed by atoms with van der Waals surface area (Å²) < 4.78 is 13.1. The number of carbonyl (C=O) groups is 1. The first-order chi connectivity index (χ1) is 10.1. The van der Waals surface area contributed by atoms with Gasteiger partial charge in [0.15, 0.2) is 0 Å². The van der Waals surface area contributed by atoms with Crippen molar-refractivity contribution in [2.45, 2.75) is 0 Å². The van der Waals surface area contributed by atoms with Crippen LogP contribution in [0.15, 0.2) is 42.6 Å². The Morgan fingerprint density at radius 1 is 1.29 bits per heavy atom. The largest absolute Gasteiger partial charge is 0.360 e. The topological polar surface area (TPSA) is 73.6 Å². The van der Waals surface area contributed by atoms with Gasteiger partial charge in [-0.2, -0.15) is 5.10 Å². The first-order valence-corrected chi connectivity index (χ1v) is 6.47. The SMILES string of the molecule is O=C(Nc1ccc(F)c(Cl)c1)c1cc(-c2ccc[nH]2)n[nH]1. The van der Waals surface area contributed by atoms with Gasteiger partial charge in [-0.25, -0.2) is 4.39 Å². The van der Waals surface area contributed by atoms with Crippen LogP contribution < -0.4 is 5.32 Å². The van der Waals surface area contributed by atoms with Crippen LogP contribution in [0.1, 0.15) is 10.5 Å². The highest BCUT2D eigenvalue weighted by Gasteiger charge is 2.12. The van der Waals surface area contributed by atoms with Crippen LogP contribution in [0, 0.1) is 5.82 Å². The molecule has 0 saturated carbocycles. The van der Waals surface area contributed by atoms with Crippen LogP contribution >= 0.6 is 11.6 Å². The number of amides is 1. The van der Waals surface area contributed by atoms with Crippen LogP contribution in [-0.4, -0.2) is 21.1 Å². The fourth-order valence-electron chi connectivity index (χ4n) is 1.84. The Morgan fingerprint density at radius 3 is 2.86 bits per heavy atom. The van der Waals surface area contributed by atoms with E-state index >= 15 is 0 Å². The highest BCUT2D eigenvalue weighted by Crippen LogP contribution is 2.20. The number of aromatic nitrogens is 3. The third kappa shape index (κ3) is 2.80. The molecule has 0 spiro atoms. The molecule has 0 aliphatic carbocycles. The predicted octanol–water partition coefficient (Wildman–Crippen LogP) is 3.45. The summed E-state index contributed by atoms with van der Waals surface area (Å²) in [6.07, 6.45) is 1.77. The summed E-state index contributed by atoms with van der Waals surface area (Å²) in [5.41, 5.74) is 2.12. The molecule has 1 aromatic carbocycles. The Hall–Kier alpha value is -2.60. The monoisotopic (exact) mass is 304 g/mol. The quantitative estimate of drug-likeness (QED) is 0.693. The molecule has 106 valence electrons. The Balaban J connectivity index is 1.78. The van der Waals surface area contributed by atoms with Gasteiger partial charge in [-0.1, -0.05) is 11.6 Å². The molecule has 7 heteroatoms. The van der Waals surface area contributed by atoms with Gasteiger partial charge in [0.2, 0.25) is 0 Å². The van der Waals surface area contributed by atoms with Crippen LogP contribution in [0.4, 0.5) is 10.1 Å². The number of H-pyrrole nitrogens is 2. The van der Waals surface area contributed by atoms with Crippen molar-refractivity contribution in [3.63, 3.8) is 0 Å². The number of benzene rings is 1. The second-order valence-corrected chi connectivity index (χ2v) is 4.74. The van der Waals surface area contributed by atoms with E-state index in [1.165, 1.54) is 18.2 Å². The second kappa shape index (κ2) is 5.41. The number of nitrogens with zero attached hydrogens (tertiary/aromatic N) is 1. The van der Waals surface area contributed by atoms with E-state index < -0.39 is 5.82 Å². The number of anilines is 1. The number of nitrogens with one attached hydrogen (secondary N) is 3. The zero-order chi connectivity index (χ0) is 14.8. The highest BCUT2D eigenvalue weighted by atomic mass is 35.5. The van der Waals surface area contributed by atoms with Crippen molar-refractivity contribution in [3.05, 3.63) is 59.1 Å². The molecule has 0 aliphatic heterocycles. The smallest absolute Gasteiger partial charge is 0.273 e. The molecular formula is C14H10ClFN4O. The second-order valence-electron chi connectivity index (χ2n) is 4.33. The van der Waals surface area contributed by atoms with Crippen molar-refractivity contribution in [3.8, 4) is 11.4 Å². The fourth-order valence-corrected chi connectivity index (χ4v) is 2.02. The van der Waals surface area contributed by atoms with Crippen molar-refractivity contribution in [1.29, 1.82) is 0 Å². The van der Waals surface area contributed by atoms with Crippen LogP contribution in [0.3, 0.4) is 0 Å². The summed E-state index contributed by atoms with van der Waals surface area (Å²) in [5.74, 6) is -0.923. The number of carbonyl (C=O) groups excluding carboxylic acids is 1. The van der Waals surface area contributed by atoms with Gasteiger partial charge < -0.3 is 10.3 Å². The van der Waals surface area contributed by atoms with Crippen LogP contribution in [0.2, 0.25) is 5.02 Å². The molecule has 21 heavy (non-hydrogen) atoms. The van der Waals surface area contributed by atoms with Crippen LogP contribution in [0.25, 0.3) is 11.4 Å². The third-order valence-electron chi connectivity index (χ3n) is 2.87. The summed E-state index contributed by atoms with van der Waals surface area (Å²) in [4.78, 5) is 15.1. The van der Waals surface area contributed by atoms with Gasteiger partial charge in [0.1, 0.15) is 17.2 Å². The van der Waals surface area contributed by atoms with Crippen LogP contribution in [-0.2, 0) is 0 Å². The third-order valence-corrected chi connectivity index (χ3v) is 3.16. The molecule has 0 unspecified atom stereocenters. The standard InChI is InChI=1S/C14H10ClFN4O/c15-9-6-8(3-4-10(9)16)18-14(21)13-7-12(19-20-13)11-2-1-5-17-11/h1-7,17H,(H,18,21)(H,19,20). The van der Waals surface area contributed by atoms with Gasteiger partial charge in [0.25, 0.3) is 5.91 Å². The highest BCUT2D eigenvalue weighted by molar-refractivity contribution is 6.31. The van der Waals surface area contributed by atoms with Gasteiger partial charge in [-0.05, 0) is 36.4 Å². The van der Waals surface area contributed by atoms with E-state index in [4.69, 9.17) is 11.6 Å². The first kappa shape index (κ1) is 13.4. The van der Waals surface area contributed by atoms with Crippen molar-refractivity contribution in [2.75, 3.05) is 5.32 Å². The van der Waals surface area contributed by atoms with Crippen molar-refractivity contribution in [1.82, 2.24) is 15.2 Å². The Morgan fingerprint density at radius 2 is 2.14 bits per heavy atom. The molecule has 2 heterocycles. The molecule has 0 radical (unpaired) electrons. The molecule has 3 N–H and O–H groups in total. The minimum Gasteiger partial charge on any atom is -0.360 e. The molecular weight excluding hydrogens is 295 g/mol. The fraction of sp³-hybridized carbons (Fsp3) is 0. The molecule has 0 aliphatic rings. The summed E-state index contributed by atoms with van der Waals surface area (Å²) in [6.45, 7) is 0. The lowest BCUT2D eigenvalue weighted by Gasteiger charge is -2.04. The minimum atomic E-state index is -0.537. The van der Waals surface area contributed by atoms with Gasteiger partial charge >= 0.3 is 0 Å². The zero-order valence-electron chi connectivity index (χ0n) is 10.7. The Kier molecular flexibility index (Phi) is 3.45. The number of aromatic amines is 2. The van der Waals surface area contributed by atoms with E-state index in [1.54, 1.807) is 12.3 Å².